The van der Waals surface area contributed by atoms with Crippen LogP contribution < -0.4 is 29.6 Å². The molecule has 0 spiro atoms. The topological polar surface area (TPSA) is 160 Å². The number of benzene rings is 2. The Morgan fingerprint density at radius 3 is 1.98 bits per heavy atom. The van der Waals surface area contributed by atoms with Gasteiger partial charge in [0.2, 0.25) is 5.78 Å². The number of phenols is 2. The number of hydrogen-bond acceptors (Lipinski definition) is 8. The van der Waals surface area contributed by atoms with Crippen LogP contribution in [-0.4, -0.2) is 48.3 Å². The molecule has 0 saturated heterocycles. The van der Waals surface area contributed by atoms with Gasteiger partial charge in [0.05, 0.1) is 28.2 Å². The van der Waals surface area contributed by atoms with Gasteiger partial charge in [-0.25, -0.2) is 9.97 Å². The number of phenolic OH excluding ortho intramolecular Hbond substituents is 2. The summed E-state index contributed by atoms with van der Waals surface area (Å²) in [4.78, 5) is 21.8. The van der Waals surface area contributed by atoms with Gasteiger partial charge in [0.15, 0.2) is 0 Å². The molecule has 3 radical (unpaired) electrons. The first-order chi connectivity index (χ1) is 21.3. The van der Waals surface area contributed by atoms with Gasteiger partial charge in [-0.2, -0.15) is 10.5 Å². The fraction of sp³-hybridized carbons (Fsp3) is 0.147. The number of hydrogen-bond donors (Lipinski definition) is 3. The molecule has 0 bridgehead atoms. The van der Waals surface area contributed by atoms with Crippen LogP contribution in [0, 0.1) is 22.7 Å². The molecule has 0 aliphatic rings. The van der Waals surface area contributed by atoms with E-state index in [1.807, 2.05) is 73.0 Å². The minimum absolute atomic E-state index is 0. The molecule has 0 amide bonds. The van der Waals surface area contributed by atoms with E-state index in [1.165, 1.54) is 30.3 Å². The standard InChI is InChI=1S/C17H15N3O2.C17H13N3O2.B.Na.H/c2*1-2-13-16(20-8-4-3-5-15(20)19-13)17(22)11-6-7-14(21)12(9-11)10-18;;;/h3-9,17,21-22H,2H2,1H3;3-9,21H,2H2,1H3;;;/q;;;+1;-1. The zero-order valence-corrected chi connectivity index (χ0v) is 27.6. The first-order valence-corrected chi connectivity index (χ1v) is 13.9. The largest absolute Gasteiger partial charge is 1.00 e. The number of aliphatic hydroxyl groups is 1. The number of rotatable bonds is 6. The van der Waals surface area contributed by atoms with E-state index in [1.54, 1.807) is 16.7 Å². The van der Waals surface area contributed by atoms with Crippen LogP contribution in [0.5, 0.6) is 11.5 Å². The zero-order valence-electron chi connectivity index (χ0n) is 26.6. The first kappa shape index (κ1) is 35.6. The maximum absolute atomic E-state index is 12.8. The summed E-state index contributed by atoms with van der Waals surface area (Å²) >= 11 is 0. The predicted octanol–water partition coefficient (Wildman–Crippen LogP) is 2.00. The third-order valence-electron chi connectivity index (χ3n) is 7.23. The Balaban J connectivity index is 0.000000307. The number of pyridine rings is 2. The van der Waals surface area contributed by atoms with Crippen LogP contribution in [0.4, 0.5) is 0 Å². The van der Waals surface area contributed by atoms with Crippen LogP contribution in [0.2, 0.25) is 0 Å². The van der Waals surface area contributed by atoms with Crippen molar-refractivity contribution in [2.75, 3.05) is 0 Å². The van der Waals surface area contributed by atoms with Crippen molar-refractivity contribution < 1.29 is 51.1 Å². The summed E-state index contributed by atoms with van der Waals surface area (Å²) < 4.78 is 3.60. The maximum Gasteiger partial charge on any atom is 1.00 e. The number of aromatic hydroxyl groups is 2. The summed E-state index contributed by atoms with van der Waals surface area (Å²) in [5.74, 6) is -0.438. The molecule has 1 atom stereocenters. The number of aromatic nitrogens is 4. The zero-order chi connectivity index (χ0) is 31.4. The molecule has 2 aromatic carbocycles. The second-order valence-electron chi connectivity index (χ2n) is 9.88. The average molecular weight is 619 g/mol. The number of aryl methyl sites for hydroxylation is 2. The minimum Gasteiger partial charge on any atom is -1.00 e. The summed E-state index contributed by atoms with van der Waals surface area (Å²) in [5.41, 5.74) is 5.31. The van der Waals surface area contributed by atoms with Crippen molar-refractivity contribution in [2.45, 2.75) is 32.8 Å². The molecule has 10 nitrogen and oxygen atoms in total. The molecule has 4 aromatic heterocycles. The van der Waals surface area contributed by atoms with Crippen molar-refractivity contribution in [3.63, 3.8) is 0 Å². The van der Waals surface area contributed by atoms with Crippen molar-refractivity contribution in [1.82, 2.24) is 18.8 Å². The van der Waals surface area contributed by atoms with Crippen molar-refractivity contribution in [1.29, 1.82) is 10.5 Å². The molecule has 3 N–H and O–H groups in total. The van der Waals surface area contributed by atoms with Crippen molar-refractivity contribution in [3.8, 4) is 23.6 Å². The SMILES string of the molecule is CCc1nc2ccccn2c1C(=O)c1ccc(O)c(C#N)c1.CCc1nc2ccccn2c1C(O)c1ccc(O)c(C#N)c1.[B].[H-].[Na+]. The Kier molecular flexibility index (Phi) is 11.9. The van der Waals surface area contributed by atoms with Crippen LogP contribution in [0.1, 0.15) is 71.2 Å². The Morgan fingerprint density at radius 1 is 0.826 bits per heavy atom. The van der Waals surface area contributed by atoms with Crippen LogP contribution in [0.25, 0.3) is 11.3 Å². The van der Waals surface area contributed by atoms with Gasteiger partial charge in [-0.05, 0) is 73.0 Å². The Morgan fingerprint density at radius 2 is 1.37 bits per heavy atom. The summed E-state index contributed by atoms with van der Waals surface area (Å²) in [6, 6.07) is 23.8. The third-order valence-corrected chi connectivity index (χ3v) is 7.23. The molecule has 0 aliphatic heterocycles. The van der Waals surface area contributed by atoms with Gasteiger partial charge in [0.25, 0.3) is 0 Å². The first-order valence-electron chi connectivity index (χ1n) is 13.9. The van der Waals surface area contributed by atoms with E-state index in [-0.39, 0.29) is 67.8 Å². The molecular weight excluding hydrogens is 590 g/mol. The Labute approximate surface area is 291 Å². The van der Waals surface area contributed by atoms with E-state index < -0.39 is 6.10 Å². The molecule has 0 aliphatic carbocycles. The monoisotopic (exact) mass is 619 g/mol. The van der Waals surface area contributed by atoms with Gasteiger partial charge in [-0.3, -0.25) is 9.20 Å². The molecule has 6 aromatic rings. The van der Waals surface area contributed by atoms with E-state index in [2.05, 4.69) is 9.97 Å². The molecule has 0 fully saturated rings. The van der Waals surface area contributed by atoms with Crippen LogP contribution in [0.15, 0.2) is 85.2 Å². The van der Waals surface area contributed by atoms with E-state index >= 15 is 0 Å². The maximum atomic E-state index is 12.8. The van der Waals surface area contributed by atoms with E-state index in [0.29, 0.717) is 46.7 Å². The second-order valence-corrected chi connectivity index (χ2v) is 9.88. The van der Waals surface area contributed by atoms with Gasteiger partial charge in [0, 0.05) is 26.4 Å². The van der Waals surface area contributed by atoms with Crippen LogP contribution >= 0.6 is 0 Å². The molecule has 4 heterocycles. The molecule has 46 heavy (non-hydrogen) atoms. The summed E-state index contributed by atoms with van der Waals surface area (Å²) in [7, 11) is 0. The normalized spacial score (nSPS) is 10.9. The van der Waals surface area contributed by atoms with E-state index in [4.69, 9.17) is 10.5 Å². The van der Waals surface area contributed by atoms with Gasteiger partial charge in [0.1, 0.15) is 46.7 Å². The van der Waals surface area contributed by atoms with E-state index in [9.17, 15) is 20.1 Å². The van der Waals surface area contributed by atoms with Gasteiger partial charge >= 0.3 is 29.6 Å². The average Bonchev–Trinajstić information content (AvgIpc) is 3.63. The molecule has 12 heteroatoms. The molecule has 1 unspecified atom stereocenters. The number of nitriles is 2. The fourth-order valence-electron chi connectivity index (χ4n) is 5.02. The Bertz CT molecular complexity index is 2120. The number of carbonyl (C=O) groups is 1. The van der Waals surface area contributed by atoms with Gasteiger partial charge in [-0.1, -0.05) is 32.0 Å². The summed E-state index contributed by atoms with van der Waals surface area (Å²) in [6.07, 6.45) is 4.05. The summed E-state index contributed by atoms with van der Waals surface area (Å²) in [5, 5.41) is 47.9. The third kappa shape index (κ3) is 6.84. The minimum atomic E-state index is -0.917. The number of imidazole rings is 2. The second kappa shape index (κ2) is 15.4. The van der Waals surface area contributed by atoms with Crippen molar-refractivity contribution in [2.24, 2.45) is 0 Å². The Hall–Kier alpha value is -4.91. The van der Waals surface area contributed by atoms with Gasteiger partial charge < -0.3 is 21.1 Å². The predicted molar refractivity (Wildman–Crippen MR) is 169 cm³/mol. The quantitative estimate of drug-likeness (QED) is 0.189. The number of nitrogens with zero attached hydrogens (tertiary/aromatic N) is 6. The molecule has 6 rings (SSSR count). The number of ketones is 1. The van der Waals surface area contributed by atoms with Gasteiger partial charge in [-0.15, -0.1) is 0 Å². The molecule has 223 valence electrons. The smallest absolute Gasteiger partial charge is 1.00 e. The van der Waals surface area contributed by atoms with Crippen molar-refractivity contribution >= 4 is 25.5 Å². The number of fused-ring (bicyclic) bond motifs is 2. The summed E-state index contributed by atoms with van der Waals surface area (Å²) in [6.45, 7) is 3.92. The molecule has 0 saturated carbocycles. The van der Waals surface area contributed by atoms with Crippen molar-refractivity contribution in [3.05, 3.63) is 130 Å². The van der Waals surface area contributed by atoms with Crippen LogP contribution in [0.3, 0.4) is 0 Å². The number of carbonyl (C=O) groups excluding carboxylic acids is 1. The van der Waals surface area contributed by atoms with E-state index in [0.717, 1.165) is 11.3 Å². The number of aliphatic hydroxyl groups excluding tert-OH is 1. The fourth-order valence-corrected chi connectivity index (χ4v) is 5.02. The van der Waals surface area contributed by atoms with Crippen LogP contribution in [-0.2, 0) is 12.8 Å². The molecular formula is C34H29BN6NaO4.